The number of aromatic amines is 1. The zero-order valence-electron chi connectivity index (χ0n) is 13.8. The number of aromatic nitrogens is 1. The number of ketones is 1. The average Bonchev–Trinajstić information content (AvgIpc) is 2.84. The van der Waals surface area contributed by atoms with Crippen LogP contribution in [0.25, 0.3) is 0 Å². The highest BCUT2D eigenvalue weighted by molar-refractivity contribution is 6.43. The number of ether oxygens (including phenoxy) is 2. The molecule has 2 rings (SSSR count). The van der Waals surface area contributed by atoms with Gasteiger partial charge in [-0.05, 0) is 32.4 Å². The molecule has 0 aliphatic heterocycles. The van der Waals surface area contributed by atoms with Gasteiger partial charge in [-0.1, -0.05) is 34.8 Å². The number of rotatable bonds is 6. The highest BCUT2D eigenvalue weighted by Gasteiger charge is 2.23. The lowest BCUT2D eigenvalue weighted by Crippen LogP contribution is -2.14. The Balaban J connectivity index is 2.18. The number of hydrogen-bond donors (Lipinski definition) is 1. The molecule has 0 fully saturated rings. The van der Waals surface area contributed by atoms with Crippen molar-refractivity contribution in [1.82, 2.24) is 4.98 Å². The summed E-state index contributed by atoms with van der Waals surface area (Å²) in [6, 6.07) is 2.88. The molecule has 134 valence electrons. The minimum atomic E-state index is -0.471. The van der Waals surface area contributed by atoms with Crippen LogP contribution in [0.4, 0.5) is 0 Å². The number of nitrogens with one attached hydrogen (secondary N) is 1. The predicted octanol–water partition coefficient (Wildman–Crippen LogP) is 5.03. The Bertz CT molecular complexity index is 830. The second kappa shape index (κ2) is 8.13. The number of aryl methyl sites for hydroxylation is 1. The van der Waals surface area contributed by atoms with Crippen LogP contribution >= 0.6 is 34.8 Å². The van der Waals surface area contributed by atoms with Gasteiger partial charge in [0.25, 0.3) is 0 Å². The van der Waals surface area contributed by atoms with Crippen molar-refractivity contribution in [1.29, 1.82) is 0 Å². The zero-order chi connectivity index (χ0) is 18.7. The molecule has 5 nitrogen and oxygen atoms in total. The first-order valence-corrected chi connectivity index (χ1v) is 8.56. The molecule has 2 aromatic rings. The van der Waals surface area contributed by atoms with E-state index in [9.17, 15) is 9.59 Å². The van der Waals surface area contributed by atoms with Crippen LogP contribution in [-0.2, 0) is 4.74 Å². The van der Waals surface area contributed by atoms with Crippen LogP contribution in [0, 0.1) is 13.8 Å². The molecule has 8 heteroatoms. The van der Waals surface area contributed by atoms with Gasteiger partial charge in [0.1, 0.15) is 5.75 Å². The van der Waals surface area contributed by atoms with E-state index in [-0.39, 0.29) is 40.5 Å². The van der Waals surface area contributed by atoms with Crippen LogP contribution in [-0.4, -0.2) is 30.0 Å². The topological polar surface area (TPSA) is 68.4 Å². The SMILES string of the molecule is CCOC(=O)c1c(C)[nH]c(C(=O)COc2cc(Cl)c(Cl)cc2Cl)c1C. The van der Waals surface area contributed by atoms with Gasteiger partial charge in [-0.15, -0.1) is 0 Å². The van der Waals surface area contributed by atoms with E-state index in [1.165, 1.54) is 12.1 Å². The number of hydrogen-bond acceptors (Lipinski definition) is 4. The molecule has 0 radical (unpaired) electrons. The van der Waals surface area contributed by atoms with Gasteiger partial charge in [0, 0.05) is 11.8 Å². The maximum atomic E-state index is 12.4. The first-order chi connectivity index (χ1) is 11.8. The van der Waals surface area contributed by atoms with Crippen molar-refractivity contribution in [2.45, 2.75) is 20.8 Å². The molecule has 0 aliphatic rings. The fourth-order valence-electron chi connectivity index (χ4n) is 2.37. The van der Waals surface area contributed by atoms with E-state index in [1.54, 1.807) is 20.8 Å². The van der Waals surface area contributed by atoms with Crippen LogP contribution < -0.4 is 4.74 Å². The Labute approximate surface area is 160 Å². The highest BCUT2D eigenvalue weighted by Crippen LogP contribution is 2.34. The maximum absolute atomic E-state index is 12.4. The summed E-state index contributed by atoms with van der Waals surface area (Å²) >= 11 is 17.8. The molecule has 0 unspecified atom stereocenters. The fourth-order valence-corrected chi connectivity index (χ4v) is 2.96. The van der Waals surface area contributed by atoms with Crippen LogP contribution in [0.15, 0.2) is 12.1 Å². The van der Waals surface area contributed by atoms with Crippen LogP contribution in [0.2, 0.25) is 15.1 Å². The largest absolute Gasteiger partial charge is 0.484 e. The summed E-state index contributed by atoms with van der Waals surface area (Å²) in [7, 11) is 0. The highest BCUT2D eigenvalue weighted by atomic mass is 35.5. The number of esters is 1. The smallest absolute Gasteiger partial charge is 0.340 e. The van der Waals surface area contributed by atoms with Crippen molar-refractivity contribution < 1.29 is 19.1 Å². The second-order valence-corrected chi connectivity index (χ2v) is 6.48. The van der Waals surface area contributed by atoms with Crippen LogP contribution in [0.5, 0.6) is 5.75 Å². The van der Waals surface area contributed by atoms with E-state index in [4.69, 9.17) is 44.3 Å². The van der Waals surface area contributed by atoms with Crippen molar-refractivity contribution in [3.8, 4) is 5.75 Å². The van der Waals surface area contributed by atoms with Crippen molar-refractivity contribution >= 4 is 46.6 Å². The summed E-state index contributed by atoms with van der Waals surface area (Å²) in [5, 5.41) is 0.805. The number of Topliss-reactive ketones (excluding diaryl/α,β-unsaturated/α-hetero) is 1. The lowest BCUT2D eigenvalue weighted by molar-refractivity contribution is 0.0525. The van der Waals surface area contributed by atoms with Crippen molar-refractivity contribution in [2.24, 2.45) is 0 Å². The van der Waals surface area contributed by atoms with Crippen LogP contribution in [0.1, 0.15) is 39.0 Å². The Hall–Kier alpha value is -1.69. The van der Waals surface area contributed by atoms with Gasteiger partial charge in [0.15, 0.2) is 6.61 Å². The summed E-state index contributed by atoms with van der Waals surface area (Å²) < 4.78 is 10.4. The number of benzene rings is 1. The van der Waals surface area contributed by atoms with E-state index in [0.29, 0.717) is 21.8 Å². The molecule has 0 bridgehead atoms. The Morgan fingerprint density at radius 3 is 2.36 bits per heavy atom. The summed E-state index contributed by atoms with van der Waals surface area (Å²) in [6.45, 7) is 5.07. The normalized spacial score (nSPS) is 10.6. The molecule has 0 saturated heterocycles. The first-order valence-electron chi connectivity index (χ1n) is 7.43. The third kappa shape index (κ3) is 4.29. The molecule has 25 heavy (non-hydrogen) atoms. The maximum Gasteiger partial charge on any atom is 0.340 e. The quantitative estimate of drug-likeness (QED) is 0.416. The van der Waals surface area contributed by atoms with E-state index < -0.39 is 5.97 Å². The Kier molecular flexibility index (Phi) is 6.38. The number of carbonyl (C=O) groups excluding carboxylic acids is 2. The molecule has 1 aromatic heterocycles. The average molecular weight is 405 g/mol. The molecular formula is C17H16Cl3NO4. The molecule has 0 atom stereocenters. The van der Waals surface area contributed by atoms with E-state index in [0.717, 1.165) is 0 Å². The monoisotopic (exact) mass is 403 g/mol. The lowest BCUT2D eigenvalue weighted by Gasteiger charge is -2.09. The Morgan fingerprint density at radius 2 is 1.72 bits per heavy atom. The van der Waals surface area contributed by atoms with Gasteiger partial charge in [-0.2, -0.15) is 0 Å². The summed E-state index contributed by atoms with van der Waals surface area (Å²) in [6.07, 6.45) is 0. The molecule has 0 saturated carbocycles. The minimum Gasteiger partial charge on any atom is -0.484 e. The third-order valence-electron chi connectivity index (χ3n) is 3.53. The summed E-state index contributed by atoms with van der Waals surface area (Å²) in [5.41, 5.74) is 1.73. The van der Waals surface area contributed by atoms with Gasteiger partial charge < -0.3 is 14.5 Å². The van der Waals surface area contributed by atoms with Gasteiger partial charge in [-0.25, -0.2) is 4.79 Å². The zero-order valence-corrected chi connectivity index (χ0v) is 16.1. The predicted molar refractivity (Wildman–Crippen MR) is 97.5 cm³/mol. The third-order valence-corrected chi connectivity index (χ3v) is 4.55. The van der Waals surface area contributed by atoms with Crippen LogP contribution in [0.3, 0.4) is 0 Å². The molecule has 0 amide bonds. The van der Waals surface area contributed by atoms with E-state index in [1.807, 2.05) is 0 Å². The molecular weight excluding hydrogens is 389 g/mol. The number of H-pyrrole nitrogens is 1. The molecule has 0 spiro atoms. The minimum absolute atomic E-state index is 0.244. The van der Waals surface area contributed by atoms with Gasteiger partial charge in [0.2, 0.25) is 5.78 Å². The molecule has 1 heterocycles. The fraction of sp³-hybridized carbons (Fsp3) is 0.294. The Morgan fingerprint density at radius 1 is 1.08 bits per heavy atom. The van der Waals surface area contributed by atoms with Gasteiger partial charge >= 0.3 is 5.97 Å². The van der Waals surface area contributed by atoms with Gasteiger partial charge in [0.05, 0.1) is 32.9 Å². The van der Waals surface area contributed by atoms with E-state index in [2.05, 4.69) is 4.98 Å². The summed E-state index contributed by atoms with van der Waals surface area (Å²) in [5.74, 6) is -0.560. The van der Waals surface area contributed by atoms with E-state index >= 15 is 0 Å². The number of carbonyl (C=O) groups is 2. The summed E-state index contributed by atoms with van der Waals surface area (Å²) in [4.78, 5) is 27.3. The standard InChI is InChI=1S/C17H16Cl3NO4/c1-4-24-17(23)15-8(2)16(21-9(15)3)13(22)7-25-14-6-11(19)10(18)5-12(14)20/h5-6,21H,4,7H2,1-3H3. The molecule has 1 aromatic carbocycles. The second-order valence-electron chi connectivity index (χ2n) is 5.25. The van der Waals surface area contributed by atoms with Crippen molar-refractivity contribution in [3.05, 3.63) is 49.7 Å². The number of halogens is 3. The molecule has 1 N–H and O–H groups in total. The van der Waals surface area contributed by atoms with Crippen molar-refractivity contribution in [3.63, 3.8) is 0 Å². The first kappa shape index (κ1) is 19.6. The molecule has 0 aliphatic carbocycles. The lowest BCUT2D eigenvalue weighted by atomic mass is 10.1. The van der Waals surface area contributed by atoms with Crippen molar-refractivity contribution in [2.75, 3.05) is 13.2 Å². The van der Waals surface area contributed by atoms with Gasteiger partial charge in [-0.3, -0.25) is 4.79 Å².